The first-order valence-corrected chi connectivity index (χ1v) is 23.0. The van der Waals surface area contributed by atoms with Gasteiger partial charge in [-0.25, -0.2) is 0 Å². The molecule has 2 aromatic heterocycles. The molecule has 2 heterocycles. The zero-order chi connectivity index (χ0) is 46.5. The van der Waals surface area contributed by atoms with Crippen LogP contribution in [0.4, 0.5) is 39.5 Å². The zero-order valence-electron chi connectivity index (χ0n) is 35.5. The molecule has 0 aliphatic heterocycles. The average molecular weight is 913 g/mol. The topological polar surface area (TPSA) is 9.86 Å². The number of aryl methyl sites for hydroxylation is 3. The molecule has 0 N–H and O–H groups in total. The molecule has 0 fully saturated rings. The van der Waals surface area contributed by atoms with Crippen molar-refractivity contribution in [1.29, 1.82) is 0 Å². The first-order chi connectivity index (χ1) is 31.4. The van der Waals surface area contributed by atoms with Crippen LogP contribution in [0, 0.1) is 20.8 Å². The van der Waals surface area contributed by atoms with Crippen molar-refractivity contribution in [2.24, 2.45) is 0 Å². The summed E-state index contributed by atoms with van der Waals surface area (Å²) in [5, 5.41) is 5.36. The summed E-state index contributed by atoms with van der Waals surface area (Å²) in [5.74, 6) is 0. The lowest BCUT2D eigenvalue weighted by Crippen LogP contribution is -2.74. The van der Waals surface area contributed by atoms with Crippen molar-refractivity contribution < 1.29 is 39.5 Å². The fourth-order valence-electron chi connectivity index (χ4n) is 9.97. The predicted octanol–water partition coefficient (Wildman–Crippen LogP) is 13.2. The van der Waals surface area contributed by atoms with Gasteiger partial charge in [0.1, 0.15) is 0 Å². The minimum atomic E-state index is -5.12. The Kier molecular flexibility index (Phi) is 9.92. The first kappa shape index (κ1) is 42.9. The van der Waals surface area contributed by atoms with Crippen molar-refractivity contribution in [3.05, 3.63) is 203 Å². The van der Waals surface area contributed by atoms with Crippen LogP contribution in [0.5, 0.6) is 0 Å². The number of benzene rings is 8. The van der Waals surface area contributed by atoms with Crippen molar-refractivity contribution in [2.75, 3.05) is 0 Å². The largest absolute Gasteiger partial charge is 0.418 e. The van der Waals surface area contributed by atoms with Crippen LogP contribution < -0.4 is 20.7 Å². The molecule has 0 saturated carbocycles. The van der Waals surface area contributed by atoms with Gasteiger partial charge in [-0.1, -0.05) is 115 Å². The van der Waals surface area contributed by atoms with Gasteiger partial charge in [0, 0.05) is 32.9 Å². The van der Waals surface area contributed by atoms with Gasteiger partial charge in [-0.05, 0) is 113 Å². The van der Waals surface area contributed by atoms with Gasteiger partial charge >= 0.3 is 18.5 Å². The van der Waals surface area contributed by atoms with E-state index in [1.54, 1.807) is 37.3 Å². The standard InChI is InChI=1S/C54H37F9N2Si/c1-32-14-24-43-46-29-36(53(58,59)60)30-47(54(61,62)63)51(46)65(48(43)28-32)38-18-22-42(23-19-38)66(39-10-6-4-7-11-39,40-12-8-5-9-13-40)41-20-16-37(17-21-41)64-49-31-35(52(55,56)57)15-25-44(49)45-27-33(2)26-34(3)50(45)64/h4-31H,1-3H3. The Balaban J connectivity index is 1.21. The quantitative estimate of drug-likeness (QED) is 0.0894. The van der Waals surface area contributed by atoms with Crippen LogP contribution in [0.3, 0.4) is 0 Å². The average Bonchev–Trinajstić information content (AvgIpc) is 3.79. The molecule has 0 spiro atoms. The number of fused-ring (bicyclic) bond motifs is 6. The van der Waals surface area contributed by atoms with Crippen LogP contribution in [0.25, 0.3) is 55.0 Å². The van der Waals surface area contributed by atoms with E-state index in [4.69, 9.17) is 0 Å². The van der Waals surface area contributed by atoms with E-state index in [1.165, 1.54) is 16.7 Å². The molecule has 0 aliphatic rings. The Morgan fingerprint density at radius 2 is 0.833 bits per heavy atom. The van der Waals surface area contributed by atoms with Crippen molar-refractivity contribution >= 4 is 72.4 Å². The van der Waals surface area contributed by atoms with Gasteiger partial charge in [-0.3, -0.25) is 0 Å². The summed E-state index contributed by atoms with van der Waals surface area (Å²) in [6.07, 6.45) is -14.7. The summed E-state index contributed by atoms with van der Waals surface area (Å²) in [5.41, 5.74) is 1.16. The van der Waals surface area contributed by atoms with Gasteiger partial charge in [-0.15, -0.1) is 0 Å². The van der Waals surface area contributed by atoms with E-state index in [1.807, 2.05) is 128 Å². The number of hydrogen-bond acceptors (Lipinski definition) is 0. The third-order valence-electron chi connectivity index (χ3n) is 12.7. The van der Waals surface area contributed by atoms with Gasteiger partial charge < -0.3 is 9.13 Å². The number of nitrogens with zero attached hydrogens (tertiary/aromatic N) is 2. The molecule has 2 nitrogen and oxygen atoms in total. The number of halogens is 9. The molecule has 10 rings (SSSR count). The lowest BCUT2D eigenvalue weighted by Gasteiger charge is -2.34. The fraction of sp³-hybridized carbons (Fsp3) is 0.111. The van der Waals surface area contributed by atoms with Crippen LogP contribution in [0.1, 0.15) is 33.4 Å². The van der Waals surface area contributed by atoms with Crippen LogP contribution in [-0.4, -0.2) is 17.2 Å². The molecule has 12 heteroatoms. The van der Waals surface area contributed by atoms with Crippen molar-refractivity contribution in [2.45, 2.75) is 39.3 Å². The number of aromatic nitrogens is 2. The second kappa shape index (κ2) is 15.3. The molecule has 0 radical (unpaired) electrons. The number of rotatable bonds is 6. The van der Waals surface area contributed by atoms with E-state index in [0.29, 0.717) is 33.4 Å². The summed E-state index contributed by atoms with van der Waals surface area (Å²) in [6.45, 7) is 5.67. The van der Waals surface area contributed by atoms with E-state index in [-0.39, 0.29) is 22.4 Å². The molecular formula is C54H37F9N2Si. The second-order valence-electron chi connectivity index (χ2n) is 16.9. The highest BCUT2D eigenvalue weighted by Gasteiger charge is 2.43. The molecule has 10 aromatic rings. The Labute approximate surface area is 373 Å². The van der Waals surface area contributed by atoms with E-state index < -0.39 is 43.3 Å². The van der Waals surface area contributed by atoms with E-state index in [9.17, 15) is 39.5 Å². The minimum Gasteiger partial charge on any atom is -0.309 e. The third-order valence-corrected chi connectivity index (χ3v) is 17.5. The monoisotopic (exact) mass is 912 g/mol. The molecule has 0 amide bonds. The van der Waals surface area contributed by atoms with Gasteiger partial charge in [0.2, 0.25) is 0 Å². The maximum Gasteiger partial charge on any atom is 0.418 e. The molecule has 0 bridgehead atoms. The van der Waals surface area contributed by atoms with E-state index >= 15 is 0 Å². The Hall–Kier alpha value is -7.05. The maximum absolute atomic E-state index is 14.9. The molecule has 0 aliphatic carbocycles. The number of hydrogen-bond donors (Lipinski definition) is 0. The molecule has 8 aromatic carbocycles. The zero-order valence-corrected chi connectivity index (χ0v) is 36.5. The highest BCUT2D eigenvalue weighted by Crippen LogP contribution is 2.45. The van der Waals surface area contributed by atoms with Gasteiger partial charge in [0.05, 0.1) is 38.8 Å². The summed E-state index contributed by atoms with van der Waals surface area (Å²) in [6, 6.07) is 48.5. The Bertz CT molecular complexity index is 3450. The van der Waals surface area contributed by atoms with Crippen LogP contribution in [0.15, 0.2) is 170 Å². The van der Waals surface area contributed by atoms with Gasteiger partial charge in [0.25, 0.3) is 0 Å². The Morgan fingerprint density at radius 1 is 0.364 bits per heavy atom. The summed E-state index contributed by atoms with van der Waals surface area (Å²) >= 11 is 0. The summed E-state index contributed by atoms with van der Waals surface area (Å²) in [4.78, 5) is 0. The summed E-state index contributed by atoms with van der Waals surface area (Å²) in [7, 11) is -3.33. The van der Waals surface area contributed by atoms with E-state index in [2.05, 4.69) is 0 Å². The smallest absolute Gasteiger partial charge is 0.309 e. The second-order valence-corrected chi connectivity index (χ2v) is 20.7. The van der Waals surface area contributed by atoms with E-state index in [0.717, 1.165) is 54.9 Å². The predicted molar refractivity (Wildman–Crippen MR) is 248 cm³/mol. The van der Waals surface area contributed by atoms with Crippen LogP contribution in [0.2, 0.25) is 0 Å². The Morgan fingerprint density at radius 3 is 1.35 bits per heavy atom. The minimum absolute atomic E-state index is 0.170. The molecule has 330 valence electrons. The molecule has 0 unspecified atom stereocenters. The lowest BCUT2D eigenvalue weighted by molar-refractivity contribution is -0.142. The van der Waals surface area contributed by atoms with Crippen LogP contribution in [-0.2, 0) is 18.5 Å². The fourth-order valence-corrected chi connectivity index (χ4v) is 14.7. The van der Waals surface area contributed by atoms with Gasteiger partial charge in [-0.2, -0.15) is 39.5 Å². The molecule has 0 saturated heterocycles. The molecule has 66 heavy (non-hydrogen) atoms. The highest BCUT2D eigenvalue weighted by atomic mass is 28.3. The summed E-state index contributed by atoms with van der Waals surface area (Å²) < 4.78 is 133. The van der Waals surface area contributed by atoms with Gasteiger partial charge in [0.15, 0.2) is 8.07 Å². The van der Waals surface area contributed by atoms with Crippen molar-refractivity contribution in [3.63, 3.8) is 0 Å². The number of alkyl halides is 9. The third kappa shape index (κ3) is 6.88. The first-order valence-electron chi connectivity index (χ1n) is 21.0. The molecule has 0 atom stereocenters. The molecular weight excluding hydrogens is 876 g/mol. The van der Waals surface area contributed by atoms with Crippen LogP contribution >= 0.6 is 0 Å². The lowest BCUT2D eigenvalue weighted by atomic mass is 10.0. The van der Waals surface area contributed by atoms with Crippen molar-refractivity contribution in [3.8, 4) is 11.4 Å². The van der Waals surface area contributed by atoms with Crippen molar-refractivity contribution in [1.82, 2.24) is 9.13 Å². The normalized spacial score (nSPS) is 12.8. The highest BCUT2D eigenvalue weighted by molar-refractivity contribution is 7.19. The maximum atomic E-state index is 14.9. The SMILES string of the molecule is Cc1cc(C)c2c(c1)c1ccc(C(F)(F)F)cc1n2-c1ccc([Si](c2ccccc2)(c2ccccc2)c2ccc(-n3c4cc(C)ccc4c4cc(C(F)(F)F)cc(C(F)(F)F)c43)cc2)cc1.